The zero-order valence-corrected chi connectivity index (χ0v) is 19.6. The van der Waals surface area contributed by atoms with Gasteiger partial charge in [0.25, 0.3) is 5.91 Å². The van der Waals surface area contributed by atoms with Crippen molar-refractivity contribution >= 4 is 27.5 Å². The van der Waals surface area contributed by atoms with E-state index < -0.39 is 21.5 Å². The first-order valence-corrected chi connectivity index (χ1v) is 12.0. The number of rotatable bonds is 7. The molecule has 176 valence electrons. The van der Waals surface area contributed by atoms with Crippen LogP contribution in [0.2, 0.25) is 0 Å². The molecule has 0 aliphatic carbocycles. The third kappa shape index (κ3) is 6.69. The minimum Gasteiger partial charge on any atom is -0.347 e. The normalized spacial score (nSPS) is 14.7. The smallest absolute Gasteiger partial charge is 0.267 e. The van der Waals surface area contributed by atoms with Gasteiger partial charge in [-0.05, 0) is 50.1 Å². The molecule has 1 aliphatic heterocycles. The van der Waals surface area contributed by atoms with Crippen LogP contribution in [0.3, 0.4) is 0 Å². The first kappa shape index (κ1) is 24.5. The second kappa shape index (κ2) is 9.80. The molecule has 10 heteroatoms. The highest BCUT2D eigenvalue weighted by Crippen LogP contribution is 2.18. The Morgan fingerprint density at radius 3 is 2.42 bits per heavy atom. The van der Waals surface area contributed by atoms with Crippen molar-refractivity contribution < 1.29 is 22.4 Å². The van der Waals surface area contributed by atoms with Gasteiger partial charge in [0.05, 0.1) is 11.4 Å². The van der Waals surface area contributed by atoms with Crippen molar-refractivity contribution in [1.29, 1.82) is 0 Å². The Balaban J connectivity index is 1.72. The highest BCUT2D eigenvalue weighted by Gasteiger charge is 2.26. The monoisotopic (exact) mass is 474 g/mol. The van der Waals surface area contributed by atoms with E-state index in [2.05, 4.69) is 15.1 Å². The first-order valence-electron chi connectivity index (χ1n) is 10.5. The zero-order valence-electron chi connectivity index (χ0n) is 18.8. The maximum Gasteiger partial charge on any atom is 0.267 e. The van der Waals surface area contributed by atoms with Crippen molar-refractivity contribution in [2.24, 2.45) is 5.10 Å². The predicted molar refractivity (Wildman–Crippen MR) is 122 cm³/mol. The SMILES string of the molecule is CC(C)(C)NS(=O)(=O)c1ccccc1CNC(=O)C1=NN(Cc2ccc(F)cc2)C(=O)CC1. The van der Waals surface area contributed by atoms with E-state index >= 15 is 0 Å². The summed E-state index contributed by atoms with van der Waals surface area (Å²) in [6, 6.07) is 12.1. The van der Waals surface area contributed by atoms with E-state index in [4.69, 9.17) is 0 Å². The predicted octanol–water partition coefficient (Wildman–Crippen LogP) is 2.70. The topological polar surface area (TPSA) is 108 Å². The van der Waals surface area contributed by atoms with Gasteiger partial charge in [0, 0.05) is 24.9 Å². The lowest BCUT2D eigenvalue weighted by Gasteiger charge is -2.23. The number of benzene rings is 2. The van der Waals surface area contributed by atoms with Gasteiger partial charge in [-0.3, -0.25) is 9.59 Å². The van der Waals surface area contributed by atoms with Crippen LogP contribution in [0.1, 0.15) is 44.7 Å². The van der Waals surface area contributed by atoms with Gasteiger partial charge < -0.3 is 5.32 Å². The zero-order chi connectivity index (χ0) is 24.2. The molecule has 0 fully saturated rings. The van der Waals surface area contributed by atoms with Gasteiger partial charge in [0.2, 0.25) is 15.9 Å². The fraction of sp³-hybridized carbons (Fsp3) is 0.348. The maximum atomic E-state index is 13.1. The molecular formula is C23H27FN4O4S. The molecule has 0 saturated carbocycles. The van der Waals surface area contributed by atoms with Gasteiger partial charge in [0.15, 0.2) is 0 Å². The van der Waals surface area contributed by atoms with E-state index in [0.29, 0.717) is 11.1 Å². The number of hydrazone groups is 1. The summed E-state index contributed by atoms with van der Waals surface area (Å²) < 4.78 is 41.3. The largest absolute Gasteiger partial charge is 0.347 e. The van der Waals surface area contributed by atoms with Crippen molar-refractivity contribution in [2.75, 3.05) is 0 Å². The molecule has 3 rings (SSSR count). The van der Waals surface area contributed by atoms with E-state index in [1.54, 1.807) is 51.1 Å². The van der Waals surface area contributed by atoms with E-state index in [0.717, 1.165) is 0 Å². The highest BCUT2D eigenvalue weighted by molar-refractivity contribution is 7.89. The standard InChI is InChI=1S/C23H27FN4O4S/c1-23(2,3)27-33(31,32)20-7-5-4-6-17(20)14-25-22(30)19-12-13-21(29)28(26-19)15-16-8-10-18(24)11-9-16/h4-11,27H,12-15H2,1-3H3,(H,25,30). The Kier molecular flexibility index (Phi) is 7.28. The van der Waals surface area contributed by atoms with Crippen molar-refractivity contribution in [2.45, 2.75) is 57.1 Å². The van der Waals surface area contributed by atoms with Crippen molar-refractivity contribution in [1.82, 2.24) is 15.0 Å². The summed E-state index contributed by atoms with van der Waals surface area (Å²) in [6.07, 6.45) is 0.296. The fourth-order valence-corrected chi connectivity index (χ4v) is 4.96. The summed E-state index contributed by atoms with van der Waals surface area (Å²) in [5, 5.41) is 8.07. The van der Waals surface area contributed by atoms with Crippen LogP contribution in [-0.2, 0) is 32.7 Å². The fourth-order valence-electron chi connectivity index (χ4n) is 3.30. The number of carbonyl (C=O) groups is 2. The Morgan fingerprint density at radius 2 is 1.76 bits per heavy atom. The molecule has 0 spiro atoms. The summed E-state index contributed by atoms with van der Waals surface area (Å²) >= 11 is 0. The molecule has 2 amide bonds. The lowest BCUT2D eigenvalue weighted by molar-refractivity contribution is -0.132. The van der Waals surface area contributed by atoms with E-state index in [1.807, 2.05) is 0 Å². The van der Waals surface area contributed by atoms with Gasteiger partial charge in [-0.25, -0.2) is 22.5 Å². The van der Waals surface area contributed by atoms with Crippen LogP contribution in [0.4, 0.5) is 4.39 Å². The van der Waals surface area contributed by atoms with E-state index in [1.165, 1.54) is 23.2 Å². The molecule has 8 nitrogen and oxygen atoms in total. The number of carbonyl (C=O) groups excluding carboxylic acids is 2. The van der Waals surface area contributed by atoms with Crippen molar-refractivity contribution in [3.63, 3.8) is 0 Å². The molecule has 0 aromatic heterocycles. The Hall–Kier alpha value is -3.11. The van der Waals surface area contributed by atoms with Crippen LogP contribution in [-0.4, -0.2) is 36.5 Å². The average molecular weight is 475 g/mol. The Morgan fingerprint density at radius 1 is 1.09 bits per heavy atom. The maximum absolute atomic E-state index is 13.1. The molecule has 2 N–H and O–H groups in total. The van der Waals surface area contributed by atoms with Crippen LogP contribution in [0.15, 0.2) is 58.5 Å². The molecule has 0 saturated heterocycles. The molecule has 0 unspecified atom stereocenters. The van der Waals surface area contributed by atoms with Gasteiger partial charge in [0.1, 0.15) is 11.5 Å². The first-order chi connectivity index (χ1) is 15.4. The molecule has 2 aromatic rings. The average Bonchev–Trinajstić information content (AvgIpc) is 2.73. The van der Waals surface area contributed by atoms with Crippen LogP contribution < -0.4 is 10.0 Å². The summed E-state index contributed by atoms with van der Waals surface area (Å²) in [5.74, 6) is -1.10. The molecule has 33 heavy (non-hydrogen) atoms. The number of nitrogens with one attached hydrogen (secondary N) is 2. The summed E-state index contributed by atoms with van der Waals surface area (Å²) in [4.78, 5) is 25.0. The van der Waals surface area contributed by atoms with Crippen LogP contribution in [0, 0.1) is 5.82 Å². The van der Waals surface area contributed by atoms with Gasteiger partial charge >= 0.3 is 0 Å². The Labute approximate surface area is 192 Å². The number of sulfonamides is 1. The summed E-state index contributed by atoms with van der Waals surface area (Å²) in [6.45, 7) is 5.33. The second-order valence-electron chi connectivity index (χ2n) is 8.77. The molecule has 0 bridgehead atoms. The molecule has 1 aliphatic rings. The molecule has 2 aromatic carbocycles. The number of halogens is 1. The van der Waals surface area contributed by atoms with Crippen LogP contribution >= 0.6 is 0 Å². The van der Waals surface area contributed by atoms with Crippen LogP contribution in [0.25, 0.3) is 0 Å². The van der Waals surface area contributed by atoms with Gasteiger partial charge in [-0.1, -0.05) is 30.3 Å². The third-order valence-electron chi connectivity index (χ3n) is 4.75. The minimum atomic E-state index is -3.79. The highest BCUT2D eigenvalue weighted by atomic mass is 32.2. The second-order valence-corrected chi connectivity index (χ2v) is 10.4. The lowest BCUT2D eigenvalue weighted by Crippen LogP contribution is -2.41. The number of amides is 2. The lowest BCUT2D eigenvalue weighted by atomic mass is 10.1. The van der Waals surface area contributed by atoms with Gasteiger partial charge in [-0.15, -0.1) is 0 Å². The third-order valence-corrected chi connectivity index (χ3v) is 6.61. The van der Waals surface area contributed by atoms with Gasteiger partial charge in [-0.2, -0.15) is 5.10 Å². The minimum absolute atomic E-state index is 0.0228. The molecule has 0 atom stereocenters. The molecule has 0 radical (unpaired) electrons. The number of hydrogen-bond donors (Lipinski definition) is 2. The molecular weight excluding hydrogens is 447 g/mol. The van der Waals surface area contributed by atoms with Crippen molar-refractivity contribution in [3.05, 3.63) is 65.5 Å². The summed E-state index contributed by atoms with van der Waals surface area (Å²) in [7, 11) is -3.79. The Bertz CT molecular complexity index is 1170. The van der Waals surface area contributed by atoms with E-state index in [-0.39, 0.29) is 48.3 Å². The number of hydrogen-bond acceptors (Lipinski definition) is 5. The summed E-state index contributed by atoms with van der Waals surface area (Å²) in [5.41, 5.74) is 0.621. The number of nitrogens with zero attached hydrogens (tertiary/aromatic N) is 2. The van der Waals surface area contributed by atoms with Crippen molar-refractivity contribution in [3.8, 4) is 0 Å². The molecule has 1 heterocycles. The van der Waals surface area contributed by atoms with E-state index in [9.17, 15) is 22.4 Å². The quantitative estimate of drug-likeness (QED) is 0.643. The van der Waals surface area contributed by atoms with Crippen LogP contribution in [0.5, 0.6) is 0 Å².